The van der Waals surface area contributed by atoms with Crippen molar-refractivity contribution in [1.29, 1.82) is 0 Å². The summed E-state index contributed by atoms with van der Waals surface area (Å²) in [6.07, 6.45) is 0.0649. The second kappa shape index (κ2) is 6.69. The van der Waals surface area contributed by atoms with Crippen LogP contribution in [0.3, 0.4) is 0 Å². The van der Waals surface area contributed by atoms with Gasteiger partial charge in [-0.3, -0.25) is 0 Å². The Morgan fingerprint density at radius 1 is 1.14 bits per heavy atom. The minimum atomic E-state index is -4.68. The third-order valence-corrected chi connectivity index (χ3v) is 4.37. The van der Waals surface area contributed by atoms with Crippen LogP contribution in [0.5, 0.6) is 5.75 Å². The first-order valence-electron chi connectivity index (χ1n) is 7.43. The van der Waals surface area contributed by atoms with Crippen LogP contribution in [-0.2, 0) is 0 Å². The molecule has 1 atom stereocenters. The minimum absolute atomic E-state index is 0.196. The Labute approximate surface area is 122 Å². The van der Waals surface area contributed by atoms with Crippen molar-refractivity contribution in [3.63, 3.8) is 0 Å². The number of alkyl halides is 3. The molecule has 21 heavy (non-hydrogen) atoms. The molecule has 0 amide bonds. The topological polar surface area (TPSA) is 29.5 Å². The molecular weight excluding hydrogens is 281 g/mol. The molecular formula is C16H21F3O2. The molecule has 5 heteroatoms. The average Bonchev–Trinajstić information content (AvgIpc) is 2.46. The van der Waals surface area contributed by atoms with Crippen LogP contribution in [-0.4, -0.2) is 11.5 Å². The molecule has 0 aromatic heterocycles. The van der Waals surface area contributed by atoms with Crippen molar-refractivity contribution >= 4 is 0 Å². The van der Waals surface area contributed by atoms with E-state index in [0.717, 1.165) is 31.6 Å². The number of aliphatic hydroxyl groups is 1. The predicted molar refractivity (Wildman–Crippen MR) is 73.8 cm³/mol. The Kier molecular flexibility index (Phi) is 5.14. The van der Waals surface area contributed by atoms with Crippen LogP contribution >= 0.6 is 0 Å². The molecule has 0 saturated heterocycles. The maximum Gasteiger partial charge on any atom is 0.573 e. The third-order valence-electron chi connectivity index (χ3n) is 4.37. The standard InChI is InChI=1S/C16H21F3O2/c1-2-11-3-5-12(6-4-11)15(20)13-7-9-14(10-8-13)21-16(17,18)19/h7-12,15,20H,2-6H2,1H3. The maximum atomic E-state index is 12.1. The molecule has 0 spiro atoms. The number of halogens is 3. The van der Waals surface area contributed by atoms with Crippen molar-refractivity contribution < 1.29 is 23.0 Å². The molecule has 1 aliphatic carbocycles. The van der Waals surface area contributed by atoms with Gasteiger partial charge in [-0.1, -0.05) is 38.3 Å². The van der Waals surface area contributed by atoms with E-state index in [-0.39, 0.29) is 11.7 Å². The van der Waals surface area contributed by atoms with Crippen LogP contribution < -0.4 is 4.74 Å². The summed E-state index contributed by atoms with van der Waals surface area (Å²) in [5.74, 6) is 0.686. The fraction of sp³-hybridized carbons (Fsp3) is 0.625. The van der Waals surface area contributed by atoms with Crippen molar-refractivity contribution in [1.82, 2.24) is 0 Å². The van der Waals surface area contributed by atoms with Crippen molar-refractivity contribution in [2.45, 2.75) is 51.5 Å². The normalized spacial score (nSPS) is 24.6. The second-order valence-electron chi connectivity index (χ2n) is 5.75. The van der Waals surface area contributed by atoms with Crippen LogP contribution in [0, 0.1) is 11.8 Å². The van der Waals surface area contributed by atoms with E-state index in [1.165, 1.54) is 30.7 Å². The molecule has 1 fully saturated rings. The Bertz CT molecular complexity index is 434. The second-order valence-corrected chi connectivity index (χ2v) is 5.75. The van der Waals surface area contributed by atoms with Gasteiger partial charge in [0.2, 0.25) is 0 Å². The predicted octanol–water partition coefficient (Wildman–Crippen LogP) is 4.84. The van der Waals surface area contributed by atoms with Crippen LogP contribution in [0.2, 0.25) is 0 Å². The first-order chi connectivity index (χ1) is 9.89. The quantitative estimate of drug-likeness (QED) is 0.862. The Morgan fingerprint density at radius 3 is 2.19 bits per heavy atom. The lowest BCUT2D eigenvalue weighted by Crippen LogP contribution is -2.20. The minimum Gasteiger partial charge on any atom is -0.406 e. The Hall–Kier alpha value is -1.23. The number of ether oxygens (including phenoxy) is 1. The van der Waals surface area contributed by atoms with E-state index in [9.17, 15) is 18.3 Å². The van der Waals surface area contributed by atoms with Crippen LogP contribution in [0.15, 0.2) is 24.3 Å². The van der Waals surface area contributed by atoms with E-state index in [1.54, 1.807) is 0 Å². The third kappa shape index (κ3) is 4.63. The van der Waals surface area contributed by atoms with Crippen molar-refractivity contribution in [2.24, 2.45) is 11.8 Å². The average molecular weight is 302 g/mol. The zero-order valence-electron chi connectivity index (χ0n) is 12.1. The van der Waals surface area contributed by atoms with Crippen LogP contribution in [0.4, 0.5) is 13.2 Å². The number of benzene rings is 1. The molecule has 1 aromatic carbocycles. The highest BCUT2D eigenvalue weighted by molar-refractivity contribution is 5.29. The summed E-state index contributed by atoms with van der Waals surface area (Å²) in [6, 6.07) is 5.53. The lowest BCUT2D eigenvalue weighted by atomic mass is 9.77. The van der Waals surface area contributed by atoms with Crippen LogP contribution in [0.1, 0.15) is 50.7 Å². The highest BCUT2D eigenvalue weighted by Gasteiger charge is 2.31. The molecule has 1 aromatic rings. The van der Waals surface area contributed by atoms with Gasteiger partial charge in [0, 0.05) is 0 Å². The van der Waals surface area contributed by atoms with Gasteiger partial charge in [-0.15, -0.1) is 13.2 Å². The fourth-order valence-electron chi connectivity index (χ4n) is 3.05. The monoisotopic (exact) mass is 302 g/mol. The fourth-order valence-corrected chi connectivity index (χ4v) is 3.05. The van der Waals surface area contributed by atoms with Gasteiger partial charge in [-0.25, -0.2) is 0 Å². The smallest absolute Gasteiger partial charge is 0.406 e. The van der Waals surface area contributed by atoms with Gasteiger partial charge in [0.05, 0.1) is 6.10 Å². The molecule has 1 aliphatic rings. The lowest BCUT2D eigenvalue weighted by Gasteiger charge is -2.31. The van der Waals surface area contributed by atoms with Crippen molar-refractivity contribution in [3.8, 4) is 5.75 Å². The molecule has 2 rings (SSSR count). The van der Waals surface area contributed by atoms with E-state index in [4.69, 9.17) is 0 Å². The van der Waals surface area contributed by atoms with Gasteiger partial charge < -0.3 is 9.84 Å². The van der Waals surface area contributed by atoms with E-state index in [0.29, 0.717) is 5.56 Å². The SMILES string of the molecule is CCC1CCC(C(O)c2ccc(OC(F)(F)F)cc2)CC1. The summed E-state index contributed by atoms with van der Waals surface area (Å²) in [5, 5.41) is 10.4. The van der Waals surface area contributed by atoms with Gasteiger partial charge in [-0.05, 0) is 42.4 Å². The van der Waals surface area contributed by atoms with Crippen molar-refractivity contribution in [2.75, 3.05) is 0 Å². The van der Waals surface area contributed by atoms with Crippen LogP contribution in [0.25, 0.3) is 0 Å². The maximum absolute atomic E-state index is 12.1. The van der Waals surface area contributed by atoms with E-state index in [2.05, 4.69) is 11.7 Å². The summed E-state index contributed by atoms with van der Waals surface area (Å²) in [4.78, 5) is 0. The summed E-state index contributed by atoms with van der Waals surface area (Å²) >= 11 is 0. The summed E-state index contributed by atoms with van der Waals surface area (Å²) in [5.41, 5.74) is 0.657. The summed E-state index contributed by atoms with van der Waals surface area (Å²) in [7, 11) is 0. The highest BCUT2D eigenvalue weighted by atomic mass is 19.4. The largest absolute Gasteiger partial charge is 0.573 e. The molecule has 2 nitrogen and oxygen atoms in total. The molecule has 0 heterocycles. The summed E-state index contributed by atoms with van der Waals surface area (Å²) in [6.45, 7) is 2.18. The van der Waals surface area contributed by atoms with E-state index in [1.807, 2.05) is 0 Å². The van der Waals surface area contributed by atoms with Gasteiger partial charge in [0.15, 0.2) is 0 Å². The van der Waals surface area contributed by atoms with Gasteiger partial charge in [0.1, 0.15) is 5.75 Å². The first kappa shape index (κ1) is 16.1. The molecule has 0 bridgehead atoms. The molecule has 1 N–H and O–H groups in total. The zero-order valence-corrected chi connectivity index (χ0v) is 12.1. The number of aliphatic hydroxyl groups excluding tert-OH is 1. The number of hydrogen-bond donors (Lipinski definition) is 1. The van der Waals surface area contributed by atoms with Gasteiger partial charge in [-0.2, -0.15) is 0 Å². The lowest BCUT2D eigenvalue weighted by molar-refractivity contribution is -0.274. The number of rotatable bonds is 4. The molecule has 1 saturated carbocycles. The molecule has 0 radical (unpaired) electrons. The van der Waals surface area contributed by atoms with E-state index >= 15 is 0 Å². The summed E-state index contributed by atoms with van der Waals surface area (Å²) < 4.78 is 40.1. The van der Waals surface area contributed by atoms with Gasteiger partial charge >= 0.3 is 6.36 Å². The first-order valence-corrected chi connectivity index (χ1v) is 7.43. The molecule has 1 unspecified atom stereocenters. The molecule has 0 aliphatic heterocycles. The Balaban J connectivity index is 1.95. The van der Waals surface area contributed by atoms with Crippen molar-refractivity contribution in [3.05, 3.63) is 29.8 Å². The number of hydrogen-bond acceptors (Lipinski definition) is 2. The highest BCUT2D eigenvalue weighted by Crippen LogP contribution is 2.38. The molecule has 118 valence electrons. The van der Waals surface area contributed by atoms with Gasteiger partial charge in [0.25, 0.3) is 0 Å². The van der Waals surface area contributed by atoms with E-state index < -0.39 is 12.5 Å². The zero-order chi connectivity index (χ0) is 15.5. The Morgan fingerprint density at radius 2 is 1.71 bits per heavy atom.